The number of carbonyl (C=O) groups is 1. The highest BCUT2D eigenvalue weighted by molar-refractivity contribution is 6.98. The monoisotopic (exact) mass is 406 g/mol. The summed E-state index contributed by atoms with van der Waals surface area (Å²) in [5.74, 6) is 3.12. The van der Waals surface area contributed by atoms with Crippen molar-refractivity contribution in [1.29, 1.82) is 5.26 Å². The molecule has 2 fully saturated rings. The molecule has 0 spiro atoms. The molecule has 0 radical (unpaired) electrons. The van der Waals surface area contributed by atoms with Gasteiger partial charge in [-0.05, 0) is 78.7 Å². The largest absolute Gasteiger partial charge is 0.496 e. The van der Waals surface area contributed by atoms with Crippen LogP contribution >= 0.6 is 11.6 Å². The Bertz CT molecular complexity index is 987. The Labute approximate surface area is 177 Å². The van der Waals surface area contributed by atoms with Gasteiger partial charge < -0.3 is 15.3 Å². The highest BCUT2D eigenvalue weighted by Crippen LogP contribution is 2.56. The molecule has 2 aromatic carbocycles. The molecule has 1 aliphatic carbocycles. The van der Waals surface area contributed by atoms with Crippen molar-refractivity contribution in [2.75, 3.05) is 7.11 Å². The first-order chi connectivity index (χ1) is 13.9. The number of carbonyl (C=O) groups excluding carboxylic acids is 1. The molecule has 148 valence electrons. The average molecular weight is 407 g/mol. The van der Waals surface area contributed by atoms with E-state index in [1.54, 1.807) is 7.11 Å². The number of halogens is 1. The summed E-state index contributed by atoms with van der Waals surface area (Å²) in [6.45, 7) is 1.42. The quantitative estimate of drug-likeness (QED) is 0.771. The molecule has 4 rings (SSSR count). The summed E-state index contributed by atoms with van der Waals surface area (Å²) in [6, 6.07) is 14.1. The van der Waals surface area contributed by atoms with E-state index in [1.165, 1.54) is 0 Å². The molecule has 1 heterocycles. The SMILES string of the molecule is COc1cc(C)ccc1C1CCC2(N)C(=O)B(C#N)CC2C1c1ccc(Cl)cc1. The van der Waals surface area contributed by atoms with Crippen LogP contribution in [0.25, 0.3) is 0 Å². The molecular weight excluding hydrogens is 383 g/mol. The Morgan fingerprint density at radius 1 is 1.28 bits per heavy atom. The number of rotatable bonds is 3. The number of aryl methyl sites for hydroxylation is 1. The first kappa shape index (κ1) is 20.0. The molecule has 2 N–H and O–H groups in total. The van der Waals surface area contributed by atoms with Crippen molar-refractivity contribution in [1.82, 2.24) is 0 Å². The van der Waals surface area contributed by atoms with Crippen LogP contribution in [0.1, 0.15) is 41.4 Å². The van der Waals surface area contributed by atoms with Crippen LogP contribution in [0, 0.1) is 24.1 Å². The van der Waals surface area contributed by atoms with Crippen molar-refractivity contribution in [3.63, 3.8) is 0 Å². The molecular formula is C23H24BClN2O2. The van der Waals surface area contributed by atoms with Crippen LogP contribution < -0.4 is 10.5 Å². The number of nitriles is 1. The lowest BCUT2D eigenvalue weighted by Gasteiger charge is -2.46. The Morgan fingerprint density at radius 2 is 2.00 bits per heavy atom. The maximum absolute atomic E-state index is 12.9. The highest BCUT2D eigenvalue weighted by Gasteiger charge is 2.60. The predicted molar refractivity (Wildman–Crippen MR) is 115 cm³/mol. The third kappa shape index (κ3) is 3.25. The standard InChI is InChI=1S/C23H24BClN2O2/c1-14-3-8-17(20(11-14)29-2)18-9-10-23(27)19(12-24(13-26)22(23)28)21(18)15-4-6-16(25)7-5-15/h3-8,11,18-19,21H,9-10,12,27H2,1-2H3. The maximum atomic E-state index is 12.9. The van der Waals surface area contributed by atoms with Crippen LogP contribution in [0.2, 0.25) is 11.3 Å². The van der Waals surface area contributed by atoms with Gasteiger partial charge in [0.25, 0.3) is 0 Å². The van der Waals surface area contributed by atoms with Gasteiger partial charge in [-0.1, -0.05) is 35.9 Å². The Balaban J connectivity index is 1.85. The number of hydrogen-bond acceptors (Lipinski definition) is 4. The number of ether oxygens (including phenoxy) is 1. The van der Waals surface area contributed by atoms with Gasteiger partial charge in [0.15, 0.2) is 0 Å². The summed E-state index contributed by atoms with van der Waals surface area (Å²) < 4.78 is 5.71. The van der Waals surface area contributed by atoms with Crippen molar-refractivity contribution in [3.05, 3.63) is 64.2 Å². The van der Waals surface area contributed by atoms with Gasteiger partial charge in [-0.25, -0.2) is 5.26 Å². The zero-order valence-corrected chi connectivity index (χ0v) is 17.4. The fraction of sp³-hybridized carbons (Fsp3) is 0.391. The van der Waals surface area contributed by atoms with E-state index in [0.29, 0.717) is 17.8 Å². The van der Waals surface area contributed by atoms with Crippen LogP contribution in [0.15, 0.2) is 42.5 Å². The van der Waals surface area contributed by atoms with Gasteiger partial charge >= 0.3 is 6.71 Å². The molecule has 4 nitrogen and oxygen atoms in total. The van der Waals surface area contributed by atoms with Crippen molar-refractivity contribution >= 4 is 24.0 Å². The molecule has 29 heavy (non-hydrogen) atoms. The third-order valence-electron chi connectivity index (χ3n) is 6.86. The molecule has 0 bridgehead atoms. The summed E-state index contributed by atoms with van der Waals surface area (Å²) in [5, 5.41) is 10.2. The van der Waals surface area contributed by atoms with Crippen LogP contribution in [0.5, 0.6) is 5.75 Å². The zero-order valence-electron chi connectivity index (χ0n) is 16.7. The van der Waals surface area contributed by atoms with Gasteiger partial charge in [-0.2, -0.15) is 0 Å². The molecule has 4 atom stereocenters. The van der Waals surface area contributed by atoms with Gasteiger partial charge in [0, 0.05) is 11.0 Å². The van der Waals surface area contributed by atoms with E-state index < -0.39 is 12.3 Å². The normalized spacial score (nSPS) is 28.7. The second kappa shape index (κ2) is 7.52. The van der Waals surface area contributed by atoms with Crippen molar-refractivity contribution in [3.8, 4) is 11.7 Å². The molecule has 4 unspecified atom stereocenters. The number of hydrogen-bond donors (Lipinski definition) is 1. The lowest BCUT2D eigenvalue weighted by Crippen LogP contribution is -2.56. The first-order valence-electron chi connectivity index (χ1n) is 10.0. The molecule has 2 aliphatic rings. The topological polar surface area (TPSA) is 76.1 Å². The average Bonchev–Trinajstić information content (AvgIpc) is 2.98. The molecule has 0 amide bonds. The van der Waals surface area contributed by atoms with Gasteiger partial charge in [0.2, 0.25) is 0 Å². The van der Waals surface area contributed by atoms with E-state index in [-0.39, 0.29) is 23.4 Å². The molecule has 6 heteroatoms. The van der Waals surface area contributed by atoms with Crippen molar-refractivity contribution in [2.45, 2.75) is 43.5 Å². The summed E-state index contributed by atoms with van der Waals surface area (Å²) in [5.41, 5.74) is 9.04. The highest BCUT2D eigenvalue weighted by atomic mass is 35.5. The first-order valence-corrected chi connectivity index (χ1v) is 10.4. The van der Waals surface area contributed by atoms with Crippen LogP contribution in [0.3, 0.4) is 0 Å². The lowest BCUT2D eigenvalue weighted by molar-refractivity contribution is -0.118. The second-order valence-electron chi connectivity index (χ2n) is 8.40. The minimum absolute atomic E-state index is 0.0184. The molecule has 0 aromatic heterocycles. The fourth-order valence-corrected chi connectivity index (χ4v) is 5.57. The van der Waals surface area contributed by atoms with Crippen LogP contribution in [-0.4, -0.2) is 25.0 Å². The number of nitrogens with two attached hydrogens (primary N) is 1. The minimum Gasteiger partial charge on any atom is -0.496 e. The van der Waals surface area contributed by atoms with E-state index in [4.69, 9.17) is 22.1 Å². The molecule has 1 aliphatic heterocycles. The number of fused-ring (bicyclic) bond motifs is 1. The summed E-state index contributed by atoms with van der Waals surface area (Å²) in [6.07, 6.45) is 1.86. The van der Waals surface area contributed by atoms with Crippen LogP contribution in [0.4, 0.5) is 0 Å². The van der Waals surface area contributed by atoms with Crippen molar-refractivity contribution < 1.29 is 9.53 Å². The Hall–Kier alpha value is -2.29. The van der Waals surface area contributed by atoms with Gasteiger partial charge in [-0.3, -0.25) is 0 Å². The number of benzene rings is 2. The lowest BCUT2D eigenvalue weighted by atomic mass is 9.48. The van der Waals surface area contributed by atoms with E-state index in [2.05, 4.69) is 24.2 Å². The fourth-order valence-electron chi connectivity index (χ4n) is 5.44. The third-order valence-corrected chi connectivity index (χ3v) is 7.11. The smallest absolute Gasteiger partial charge is 0.347 e. The summed E-state index contributed by atoms with van der Waals surface area (Å²) in [4.78, 5) is 12.9. The molecule has 1 saturated carbocycles. The molecule has 2 aromatic rings. The van der Waals surface area contributed by atoms with Crippen molar-refractivity contribution in [2.24, 2.45) is 11.7 Å². The van der Waals surface area contributed by atoms with Gasteiger partial charge in [-0.15, -0.1) is 0 Å². The minimum atomic E-state index is -0.945. The zero-order chi connectivity index (χ0) is 20.8. The Morgan fingerprint density at radius 3 is 2.66 bits per heavy atom. The van der Waals surface area contributed by atoms with E-state index >= 15 is 0 Å². The molecule has 1 saturated heterocycles. The van der Waals surface area contributed by atoms with Crippen LogP contribution in [-0.2, 0) is 4.79 Å². The Kier molecular flexibility index (Phi) is 5.19. The van der Waals surface area contributed by atoms with E-state index in [9.17, 15) is 10.1 Å². The summed E-state index contributed by atoms with van der Waals surface area (Å²) >= 11 is 6.13. The number of nitrogens with zero attached hydrogens (tertiary/aromatic N) is 1. The summed E-state index contributed by atoms with van der Waals surface area (Å²) in [7, 11) is 1.69. The second-order valence-corrected chi connectivity index (χ2v) is 8.83. The predicted octanol–water partition coefficient (Wildman–Crippen LogP) is 4.31. The van der Waals surface area contributed by atoms with Gasteiger partial charge in [0.05, 0.1) is 12.6 Å². The van der Waals surface area contributed by atoms with E-state index in [1.807, 2.05) is 31.2 Å². The van der Waals surface area contributed by atoms with E-state index in [0.717, 1.165) is 28.9 Å². The van der Waals surface area contributed by atoms with Gasteiger partial charge in [0.1, 0.15) is 11.4 Å². The number of methoxy groups -OCH3 is 1. The maximum Gasteiger partial charge on any atom is 0.347 e.